The second kappa shape index (κ2) is 7.97. The highest BCUT2D eigenvalue weighted by atomic mass is 32.2. The van der Waals surface area contributed by atoms with Gasteiger partial charge in [-0.3, -0.25) is 0 Å². The van der Waals surface area contributed by atoms with Gasteiger partial charge in [0.05, 0.1) is 6.61 Å². The summed E-state index contributed by atoms with van der Waals surface area (Å²) in [5.74, 6) is 1.86. The first-order valence-corrected chi connectivity index (χ1v) is 7.90. The predicted octanol–water partition coefficient (Wildman–Crippen LogP) is 3.25. The third-order valence-corrected chi connectivity index (χ3v) is 3.90. The molecule has 0 radical (unpaired) electrons. The summed E-state index contributed by atoms with van der Waals surface area (Å²) >= 11 is 1.72. The minimum absolute atomic E-state index is 0.311. The fraction of sp³-hybridized carbons (Fsp3) is 0.400. The Bertz CT molecular complexity index is 484. The van der Waals surface area contributed by atoms with E-state index in [1.165, 1.54) is 5.56 Å². The Kier molecular flexibility index (Phi) is 5.95. The molecule has 1 aromatic heterocycles. The first kappa shape index (κ1) is 14.9. The number of ether oxygens (including phenoxy) is 1. The van der Waals surface area contributed by atoms with E-state index in [0.717, 1.165) is 23.2 Å². The second-order valence-corrected chi connectivity index (χ2v) is 5.33. The van der Waals surface area contributed by atoms with Crippen LogP contribution >= 0.6 is 11.8 Å². The molecule has 0 amide bonds. The van der Waals surface area contributed by atoms with E-state index < -0.39 is 0 Å². The van der Waals surface area contributed by atoms with E-state index in [1.54, 1.807) is 18.0 Å². The molecule has 1 heterocycles. The van der Waals surface area contributed by atoms with Crippen molar-refractivity contribution in [3.63, 3.8) is 0 Å². The Morgan fingerprint density at radius 3 is 2.70 bits per heavy atom. The van der Waals surface area contributed by atoms with Gasteiger partial charge in [0.25, 0.3) is 0 Å². The van der Waals surface area contributed by atoms with Crippen LogP contribution in [-0.2, 0) is 0 Å². The number of hydrogen-bond acceptors (Lipinski definition) is 4. The highest BCUT2D eigenvalue weighted by Crippen LogP contribution is 2.24. The Morgan fingerprint density at radius 1 is 1.30 bits per heavy atom. The third-order valence-electron chi connectivity index (χ3n) is 2.90. The van der Waals surface area contributed by atoms with Crippen molar-refractivity contribution in [3.05, 3.63) is 42.2 Å². The molecule has 0 spiro atoms. The summed E-state index contributed by atoms with van der Waals surface area (Å²) < 4.78 is 5.48. The molecular weight excluding hydrogens is 270 g/mol. The van der Waals surface area contributed by atoms with Crippen LogP contribution in [-0.4, -0.2) is 28.9 Å². The average molecular weight is 291 g/mol. The molecule has 1 aromatic carbocycles. The van der Waals surface area contributed by atoms with Gasteiger partial charge in [0, 0.05) is 24.2 Å². The third kappa shape index (κ3) is 4.28. The fourth-order valence-corrected chi connectivity index (χ4v) is 2.90. The molecule has 5 heteroatoms. The van der Waals surface area contributed by atoms with Crippen molar-refractivity contribution < 1.29 is 4.74 Å². The lowest BCUT2D eigenvalue weighted by atomic mass is 10.1. The molecule has 0 aliphatic heterocycles. The lowest BCUT2D eigenvalue weighted by molar-refractivity contribution is 0.340. The maximum absolute atomic E-state index is 5.48. The number of hydrogen-bond donors (Lipinski definition) is 2. The summed E-state index contributed by atoms with van der Waals surface area (Å²) in [5, 5.41) is 4.47. The highest BCUT2D eigenvalue weighted by Gasteiger charge is 2.11. The number of rotatable bonds is 8. The predicted molar refractivity (Wildman–Crippen MR) is 83.3 cm³/mol. The fourth-order valence-electron chi connectivity index (χ4n) is 1.97. The lowest BCUT2D eigenvalue weighted by Gasteiger charge is -2.18. The van der Waals surface area contributed by atoms with E-state index >= 15 is 0 Å². The number of aromatic amines is 1. The quantitative estimate of drug-likeness (QED) is 0.733. The first-order valence-electron chi connectivity index (χ1n) is 6.91. The molecule has 4 nitrogen and oxygen atoms in total. The Hall–Kier alpha value is -1.46. The van der Waals surface area contributed by atoms with Crippen molar-refractivity contribution in [3.8, 4) is 5.75 Å². The molecule has 1 unspecified atom stereocenters. The Labute approximate surface area is 124 Å². The van der Waals surface area contributed by atoms with Gasteiger partial charge in [-0.25, -0.2) is 4.98 Å². The number of H-pyrrole nitrogens is 1. The largest absolute Gasteiger partial charge is 0.494 e. The lowest BCUT2D eigenvalue weighted by Crippen LogP contribution is -2.22. The zero-order valence-corrected chi connectivity index (χ0v) is 12.7. The van der Waals surface area contributed by atoms with E-state index in [1.807, 2.05) is 25.3 Å². The zero-order valence-electron chi connectivity index (χ0n) is 11.9. The Morgan fingerprint density at radius 2 is 2.10 bits per heavy atom. The maximum atomic E-state index is 5.48. The van der Waals surface area contributed by atoms with Crippen LogP contribution in [0.5, 0.6) is 5.75 Å². The molecule has 20 heavy (non-hydrogen) atoms. The van der Waals surface area contributed by atoms with Gasteiger partial charge >= 0.3 is 0 Å². The van der Waals surface area contributed by atoms with E-state index in [-0.39, 0.29) is 0 Å². The molecule has 108 valence electrons. The van der Waals surface area contributed by atoms with Crippen molar-refractivity contribution >= 4 is 11.8 Å². The summed E-state index contributed by atoms with van der Waals surface area (Å²) in [6.07, 6.45) is 3.63. The number of benzene rings is 1. The molecule has 1 atom stereocenters. The summed E-state index contributed by atoms with van der Waals surface area (Å²) in [4.78, 5) is 7.36. The highest BCUT2D eigenvalue weighted by molar-refractivity contribution is 7.99. The number of nitrogens with zero attached hydrogens (tertiary/aromatic N) is 1. The number of imidazole rings is 1. The van der Waals surface area contributed by atoms with Crippen LogP contribution in [0.15, 0.2) is 41.8 Å². The average Bonchev–Trinajstić information content (AvgIpc) is 2.98. The molecule has 0 aliphatic carbocycles. The van der Waals surface area contributed by atoms with E-state index in [4.69, 9.17) is 4.74 Å². The van der Waals surface area contributed by atoms with Crippen molar-refractivity contribution in [1.29, 1.82) is 0 Å². The van der Waals surface area contributed by atoms with E-state index in [0.29, 0.717) is 12.6 Å². The molecule has 0 bridgehead atoms. The van der Waals surface area contributed by atoms with Gasteiger partial charge < -0.3 is 15.0 Å². The summed E-state index contributed by atoms with van der Waals surface area (Å²) in [6, 6.07) is 8.62. The molecule has 0 saturated carbocycles. The minimum atomic E-state index is 0.311. The van der Waals surface area contributed by atoms with Crippen molar-refractivity contribution in [2.45, 2.75) is 25.0 Å². The number of aromatic nitrogens is 2. The molecule has 2 N–H and O–H groups in total. The van der Waals surface area contributed by atoms with Gasteiger partial charge in [0.2, 0.25) is 0 Å². The summed E-state index contributed by atoms with van der Waals surface area (Å²) in [7, 11) is 0. The molecular formula is C15H21N3OS. The number of nitrogens with one attached hydrogen (secondary N) is 2. The zero-order chi connectivity index (χ0) is 14.2. The van der Waals surface area contributed by atoms with Gasteiger partial charge in [0.1, 0.15) is 5.75 Å². The topological polar surface area (TPSA) is 49.9 Å². The smallest absolute Gasteiger partial charge is 0.165 e. The van der Waals surface area contributed by atoms with Crippen LogP contribution in [0.1, 0.15) is 25.5 Å². The van der Waals surface area contributed by atoms with Gasteiger partial charge in [-0.05, 0) is 31.2 Å². The monoisotopic (exact) mass is 291 g/mol. The normalized spacial score (nSPS) is 12.3. The minimum Gasteiger partial charge on any atom is -0.494 e. The van der Waals surface area contributed by atoms with Crippen LogP contribution < -0.4 is 10.1 Å². The van der Waals surface area contributed by atoms with E-state index in [2.05, 4.69) is 34.3 Å². The van der Waals surface area contributed by atoms with Crippen LogP contribution in [0, 0.1) is 0 Å². The first-order chi connectivity index (χ1) is 9.83. The number of thioether (sulfide) groups is 1. The van der Waals surface area contributed by atoms with Crippen LogP contribution in [0.25, 0.3) is 0 Å². The van der Waals surface area contributed by atoms with Crippen LogP contribution in [0.3, 0.4) is 0 Å². The molecule has 0 fully saturated rings. The van der Waals surface area contributed by atoms with Gasteiger partial charge in [-0.1, -0.05) is 30.8 Å². The van der Waals surface area contributed by atoms with Gasteiger partial charge in [0.15, 0.2) is 5.16 Å². The maximum Gasteiger partial charge on any atom is 0.165 e. The summed E-state index contributed by atoms with van der Waals surface area (Å²) in [5.41, 5.74) is 1.27. The van der Waals surface area contributed by atoms with E-state index in [9.17, 15) is 0 Å². The van der Waals surface area contributed by atoms with Gasteiger partial charge in [-0.2, -0.15) is 0 Å². The molecule has 0 aliphatic rings. The molecule has 2 aromatic rings. The Balaban J connectivity index is 1.99. The van der Waals surface area contributed by atoms with Crippen molar-refractivity contribution in [1.82, 2.24) is 15.3 Å². The summed E-state index contributed by atoms with van der Waals surface area (Å²) in [6.45, 7) is 5.76. The van der Waals surface area contributed by atoms with Gasteiger partial charge in [-0.15, -0.1) is 0 Å². The van der Waals surface area contributed by atoms with Crippen LogP contribution in [0.4, 0.5) is 0 Å². The molecule has 0 saturated heterocycles. The second-order valence-electron chi connectivity index (χ2n) is 4.32. The van der Waals surface area contributed by atoms with Crippen LogP contribution in [0.2, 0.25) is 0 Å². The standard InChI is InChI=1S/C15H21N3OS/c1-3-16-14(11-20-15-17-9-10-18-15)12-5-7-13(8-6-12)19-4-2/h5-10,14,16H,3-4,11H2,1-2H3,(H,17,18). The SMILES string of the molecule is CCNC(CSc1ncc[nH]1)c1ccc(OCC)cc1. The van der Waals surface area contributed by atoms with Crippen molar-refractivity contribution in [2.24, 2.45) is 0 Å². The van der Waals surface area contributed by atoms with Crippen molar-refractivity contribution in [2.75, 3.05) is 18.9 Å². The molecule has 2 rings (SSSR count).